The van der Waals surface area contributed by atoms with Gasteiger partial charge in [-0.15, -0.1) is 0 Å². The Morgan fingerprint density at radius 3 is 1.26 bits per heavy atom. The highest BCUT2D eigenvalue weighted by molar-refractivity contribution is 9.10. The summed E-state index contributed by atoms with van der Waals surface area (Å²) in [6.45, 7) is 3.00. The van der Waals surface area contributed by atoms with Crippen molar-refractivity contribution in [3.05, 3.63) is 165 Å². The van der Waals surface area contributed by atoms with Crippen LogP contribution in [0.5, 0.6) is 11.5 Å². The Balaban J connectivity index is 1.07. The number of methoxy groups -OCH3 is 2. The van der Waals surface area contributed by atoms with Gasteiger partial charge in [0.15, 0.2) is 0 Å². The lowest BCUT2D eigenvalue weighted by molar-refractivity contribution is -0.128. The summed E-state index contributed by atoms with van der Waals surface area (Å²) in [5, 5.41) is 15.2. The van der Waals surface area contributed by atoms with E-state index in [-0.39, 0.29) is 37.3 Å². The van der Waals surface area contributed by atoms with Crippen molar-refractivity contribution in [2.45, 2.75) is 51.1 Å². The van der Waals surface area contributed by atoms with Gasteiger partial charge in [0, 0.05) is 31.2 Å². The topological polar surface area (TPSA) is 182 Å². The number of likely N-dealkylation sites (N-methyl/N-ethyl adjacent to an activating group) is 2. The van der Waals surface area contributed by atoms with Gasteiger partial charge in [0.2, 0.25) is 11.8 Å². The van der Waals surface area contributed by atoms with Crippen LogP contribution in [0.4, 0.5) is 22.7 Å². The average molecular weight is 1150 g/mol. The van der Waals surface area contributed by atoms with Crippen LogP contribution in [0.25, 0.3) is 21.5 Å². The van der Waals surface area contributed by atoms with Gasteiger partial charge in [-0.05, 0) is 134 Å². The van der Waals surface area contributed by atoms with Gasteiger partial charge in [-0.1, -0.05) is 80.4 Å². The predicted molar refractivity (Wildman–Crippen MR) is 302 cm³/mol. The standard InChI is InChI=1S/C58H56Br2N8O8/c1-33(61-3)53(69)63-45-31-67(49-13-9-7-11-47(49)65(57(45)73)29-43-41-23-21-39(59)27-37(41)19-25-51(43)75-5)55(71)35-15-17-36(18-16-35)56(72)68-32-46(64-54(70)34(2)62-4)58(74)66(48-12-8-10-14-50(48)68)30-44-42-24-22-40(60)28-38(42)20-26-52(44)76-6/h7-28,33-34,45-46,61-62H,29-32H2,1-6H3,(H,63,69)(H,64,70)/t33-,34-,45?,46?/m0/s1. The maximum Gasteiger partial charge on any atom is 0.258 e. The Hall–Kier alpha value is -7.64. The number of hydrogen-bond acceptors (Lipinski definition) is 10. The number of amides is 6. The minimum absolute atomic E-state index is 0.0440. The highest BCUT2D eigenvalue weighted by Gasteiger charge is 2.40. The molecule has 2 unspecified atom stereocenters. The number of hydrogen-bond donors (Lipinski definition) is 4. The maximum atomic E-state index is 15.1. The van der Waals surface area contributed by atoms with E-state index in [9.17, 15) is 19.2 Å². The summed E-state index contributed by atoms with van der Waals surface area (Å²) in [6.07, 6.45) is 0. The molecule has 76 heavy (non-hydrogen) atoms. The lowest BCUT2D eigenvalue weighted by Crippen LogP contribution is -2.55. The van der Waals surface area contributed by atoms with E-state index in [0.717, 1.165) is 41.6 Å². The summed E-state index contributed by atoms with van der Waals surface area (Å²) in [5.41, 5.74) is 3.57. The third-order valence-electron chi connectivity index (χ3n) is 14.1. The molecule has 2 aliphatic heterocycles. The van der Waals surface area contributed by atoms with E-state index >= 15 is 9.59 Å². The largest absolute Gasteiger partial charge is 0.496 e. The van der Waals surface area contributed by atoms with Crippen molar-refractivity contribution in [1.82, 2.24) is 21.3 Å². The Morgan fingerprint density at radius 2 is 0.908 bits per heavy atom. The molecule has 2 aliphatic rings. The molecule has 16 nitrogen and oxygen atoms in total. The fourth-order valence-corrected chi connectivity index (χ4v) is 10.5. The van der Waals surface area contributed by atoms with E-state index in [1.165, 1.54) is 9.80 Å². The summed E-state index contributed by atoms with van der Waals surface area (Å²) in [7, 11) is 6.42. The molecule has 9 rings (SSSR count). The van der Waals surface area contributed by atoms with Crippen molar-refractivity contribution in [2.75, 3.05) is 61.0 Å². The molecule has 0 saturated carbocycles. The molecule has 2 heterocycles. The van der Waals surface area contributed by atoms with Gasteiger partial charge in [0.1, 0.15) is 23.6 Å². The van der Waals surface area contributed by atoms with Crippen LogP contribution in [0.15, 0.2) is 142 Å². The monoisotopic (exact) mass is 1150 g/mol. The molecular weight excluding hydrogens is 1100 g/mol. The van der Waals surface area contributed by atoms with Crippen molar-refractivity contribution in [2.24, 2.45) is 0 Å². The summed E-state index contributed by atoms with van der Waals surface area (Å²) in [4.78, 5) is 93.4. The van der Waals surface area contributed by atoms with Gasteiger partial charge >= 0.3 is 0 Å². The molecule has 7 aromatic rings. The third-order valence-corrected chi connectivity index (χ3v) is 15.1. The van der Waals surface area contributed by atoms with Gasteiger partial charge in [-0.3, -0.25) is 28.8 Å². The van der Waals surface area contributed by atoms with E-state index in [4.69, 9.17) is 9.47 Å². The van der Waals surface area contributed by atoms with Crippen LogP contribution in [0.3, 0.4) is 0 Å². The lowest BCUT2D eigenvalue weighted by Gasteiger charge is -2.27. The number of fused-ring (bicyclic) bond motifs is 4. The van der Waals surface area contributed by atoms with Crippen LogP contribution in [-0.2, 0) is 32.3 Å². The molecule has 0 aromatic heterocycles. The molecule has 390 valence electrons. The number of para-hydroxylation sites is 4. The van der Waals surface area contributed by atoms with Crippen LogP contribution in [0.2, 0.25) is 0 Å². The van der Waals surface area contributed by atoms with Crippen LogP contribution in [-0.4, -0.2) is 101 Å². The number of nitrogens with one attached hydrogen (secondary N) is 4. The first-order valence-electron chi connectivity index (χ1n) is 24.6. The highest BCUT2D eigenvalue weighted by Crippen LogP contribution is 2.40. The fourth-order valence-electron chi connectivity index (χ4n) is 9.74. The highest BCUT2D eigenvalue weighted by atomic mass is 79.9. The molecule has 0 bridgehead atoms. The summed E-state index contributed by atoms with van der Waals surface area (Å²) in [6, 6.07) is 35.9. The first-order chi connectivity index (χ1) is 36.6. The van der Waals surface area contributed by atoms with Crippen LogP contribution < -0.4 is 50.3 Å². The van der Waals surface area contributed by atoms with Gasteiger partial charge in [0.25, 0.3) is 23.6 Å². The van der Waals surface area contributed by atoms with Crippen molar-refractivity contribution in [1.29, 1.82) is 0 Å². The van der Waals surface area contributed by atoms with Crippen molar-refractivity contribution in [3.63, 3.8) is 0 Å². The van der Waals surface area contributed by atoms with Crippen molar-refractivity contribution < 1.29 is 38.2 Å². The van der Waals surface area contributed by atoms with E-state index in [0.29, 0.717) is 34.2 Å². The number of carbonyl (C=O) groups excluding carboxylic acids is 6. The number of carbonyl (C=O) groups is 6. The normalized spacial score (nSPS) is 16.3. The lowest BCUT2D eigenvalue weighted by atomic mass is 10.0. The molecule has 0 aliphatic carbocycles. The van der Waals surface area contributed by atoms with Gasteiger partial charge in [0.05, 0.1) is 75.2 Å². The van der Waals surface area contributed by atoms with E-state index in [1.54, 1.807) is 125 Å². The van der Waals surface area contributed by atoms with Crippen LogP contribution in [0.1, 0.15) is 45.7 Å². The second-order valence-electron chi connectivity index (χ2n) is 18.6. The SMILES string of the molecule is CN[C@@H](C)C(=O)NC1CN(C(=O)c2ccc(C(=O)N3CC(NC(=O)[C@H](C)NC)C(=O)N(Cc4c(OC)ccc5cc(Br)ccc45)c4ccccc43)cc2)c2ccccc2N(Cc2c(OC)ccc3cc(Br)ccc23)C1=O. The fraction of sp³-hybridized carbons (Fsp3) is 0.241. The number of anilines is 4. The van der Waals surface area contributed by atoms with Gasteiger partial charge < -0.3 is 50.3 Å². The molecule has 0 fully saturated rings. The number of benzene rings is 7. The summed E-state index contributed by atoms with van der Waals surface area (Å²) >= 11 is 7.14. The molecular formula is C58H56Br2N8O8. The predicted octanol–water partition coefficient (Wildman–Crippen LogP) is 8.11. The second kappa shape index (κ2) is 22.7. The smallest absolute Gasteiger partial charge is 0.258 e. The van der Waals surface area contributed by atoms with Gasteiger partial charge in [-0.25, -0.2) is 0 Å². The number of nitrogens with zero attached hydrogens (tertiary/aromatic N) is 4. The Bertz CT molecular complexity index is 3210. The molecule has 6 amide bonds. The van der Waals surface area contributed by atoms with E-state index < -0.39 is 59.6 Å². The Kier molecular flexibility index (Phi) is 15.9. The zero-order valence-corrected chi connectivity index (χ0v) is 45.8. The molecule has 4 N–H and O–H groups in total. The minimum Gasteiger partial charge on any atom is -0.496 e. The number of rotatable bonds is 14. The van der Waals surface area contributed by atoms with E-state index in [1.807, 2.05) is 60.7 Å². The molecule has 7 aromatic carbocycles. The summed E-state index contributed by atoms with van der Waals surface area (Å²) in [5.74, 6) is -1.62. The minimum atomic E-state index is -1.19. The third kappa shape index (κ3) is 10.5. The molecule has 0 saturated heterocycles. The summed E-state index contributed by atoms with van der Waals surface area (Å²) < 4.78 is 13.5. The van der Waals surface area contributed by atoms with E-state index in [2.05, 4.69) is 53.1 Å². The first kappa shape index (κ1) is 53.2. The number of halogens is 2. The molecule has 4 atom stereocenters. The van der Waals surface area contributed by atoms with Crippen molar-refractivity contribution >= 4 is 112 Å². The average Bonchev–Trinajstić information content (AvgIpc) is 3.62. The molecule has 0 spiro atoms. The van der Waals surface area contributed by atoms with Crippen LogP contribution >= 0.6 is 31.9 Å². The quantitative estimate of drug-likeness (QED) is 0.0831. The number of ether oxygens (including phenoxy) is 2. The maximum absolute atomic E-state index is 15.1. The van der Waals surface area contributed by atoms with Crippen LogP contribution in [0, 0.1) is 0 Å². The molecule has 0 radical (unpaired) electrons. The van der Waals surface area contributed by atoms with Gasteiger partial charge in [-0.2, -0.15) is 0 Å². The zero-order valence-electron chi connectivity index (χ0n) is 42.7. The molecule has 18 heteroatoms. The van der Waals surface area contributed by atoms with Crippen molar-refractivity contribution in [3.8, 4) is 11.5 Å². The zero-order chi connectivity index (χ0) is 53.9. The second-order valence-corrected chi connectivity index (χ2v) is 20.4. The first-order valence-corrected chi connectivity index (χ1v) is 26.2. The Labute approximate surface area is 456 Å². The Morgan fingerprint density at radius 1 is 0.539 bits per heavy atom.